The van der Waals surface area contributed by atoms with Crippen LogP contribution >= 0.6 is 23.2 Å². The van der Waals surface area contributed by atoms with Crippen molar-refractivity contribution in [1.29, 1.82) is 0 Å². The van der Waals surface area contributed by atoms with Crippen LogP contribution in [-0.4, -0.2) is 32.4 Å². The minimum Gasteiger partial charge on any atom is -0.356 e. The molecular formula is C13H15Cl2NO3S. The van der Waals surface area contributed by atoms with Gasteiger partial charge in [-0.25, -0.2) is 8.42 Å². The Morgan fingerprint density at radius 2 is 2.10 bits per heavy atom. The Balaban J connectivity index is 1.83. The lowest BCUT2D eigenvalue weighted by Gasteiger charge is -2.10. The van der Waals surface area contributed by atoms with Crippen molar-refractivity contribution < 1.29 is 13.2 Å². The Labute approximate surface area is 128 Å². The lowest BCUT2D eigenvalue weighted by molar-refractivity contribution is -0.124. The molecule has 7 heteroatoms. The fourth-order valence-electron chi connectivity index (χ4n) is 2.19. The molecule has 4 nitrogen and oxygen atoms in total. The molecule has 2 rings (SSSR count). The monoisotopic (exact) mass is 335 g/mol. The number of rotatable bonds is 4. The van der Waals surface area contributed by atoms with E-state index in [0.29, 0.717) is 29.4 Å². The van der Waals surface area contributed by atoms with Crippen LogP contribution in [0, 0.1) is 5.92 Å². The van der Waals surface area contributed by atoms with Crippen LogP contribution in [0.3, 0.4) is 0 Å². The summed E-state index contributed by atoms with van der Waals surface area (Å²) in [6.45, 7) is 0.427. The van der Waals surface area contributed by atoms with E-state index in [1.54, 1.807) is 12.1 Å². The van der Waals surface area contributed by atoms with Gasteiger partial charge in [0.2, 0.25) is 5.91 Å². The molecular weight excluding hydrogens is 321 g/mol. The summed E-state index contributed by atoms with van der Waals surface area (Å²) >= 11 is 11.8. The Hall–Kier alpha value is -0.780. The summed E-state index contributed by atoms with van der Waals surface area (Å²) in [4.78, 5) is 11.8. The Bertz CT molecular complexity index is 616. The van der Waals surface area contributed by atoms with Gasteiger partial charge in [0.15, 0.2) is 9.84 Å². The fraction of sp³-hybridized carbons (Fsp3) is 0.462. The highest BCUT2D eigenvalue weighted by atomic mass is 35.5. The molecule has 1 N–H and O–H groups in total. The fourth-order valence-corrected chi connectivity index (χ4v) is 4.44. The molecule has 1 aliphatic heterocycles. The summed E-state index contributed by atoms with van der Waals surface area (Å²) in [6, 6.07) is 5.22. The third kappa shape index (κ3) is 4.11. The number of sulfone groups is 1. The molecule has 1 amide bonds. The number of halogens is 2. The van der Waals surface area contributed by atoms with E-state index in [4.69, 9.17) is 23.2 Å². The van der Waals surface area contributed by atoms with Crippen molar-refractivity contribution >= 4 is 38.9 Å². The lowest BCUT2D eigenvalue weighted by Crippen LogP contribution is -2.32. The molecule has 1 unspecified atom stereocenters. The van der Waals surface area contributed by atoms with Crippen LogP contribution in [0.2, 0.25) is 10.0 Å². The van der Waals surface area contributed by atoms with Gasteiger partial charge in [-0.05, 0) is 30.5 Å². The van der Waals surface area contributed by atoms with E-state index < -0.39 is 15.8 Å². The van der Waals surface area contributed by atoms with Crippen molar-refractivity contribution in [3.05, 3.63) is 33.8 Å². The maximum Gasteiger partial charge on any atom is 0.224 e. The number of carbonyl (C=O) groups excluding carboxylic acids is 1. The van der Waals surface area contributed by atoms with Crippen molar-refractivity contribution in [3.63, 3.8) is 0 Å². The first-order chi connectivity index (χ1) is 9.37. The number of hydrogen-bond acceptors (Lipinski definition) is 3. The van der Waals surface area contributed by atoms with E-state index in [1.807, 2.05) is 6.07 Å². The number of nitrogens with one attached hydrogen (secondary N) is 1. The predicted octanol–water partition coefficient (Wildman–Crippen LogP) is 2.09. The second-order valence-electron chi connectivity index (χ2n) is 4.88. The van der Waals surface area contributed by atoms with Crippen LogP contribution < -0.4 is 5.32 Å². The van der Waals surface area contributed by atoms with Crippen LogP contribution in [0.15, 0.2) is 18.2 Å². The molecule has 20 heavy (non-hydrogen) atoms. The van der Waals surface area contributed by atoms with Crippen LogP contribution in [0.4, 0.5) is 0 Å². The topological polar surface area (TPSA) is 63.2 Å². The van der Waals surface area contributed by atoms with Gasteiger partial charge in [-0.15, -0.1) is 0 Å². The van der Waals surface area contributed by atoms with Gasteiger partial charge in [0.05, 0.1) is 17.4 Å². The molecule has 0 spiro atoms. The third-order valence-electron chi connectivity index (χ3n) is 3.31. The smallest absolute Gasteiger partial charge is 0.224 e. The van der Waals surface area contributed by atoms with Gasteiger partial charge in [0, 0.05) is 16.6 Å². The average molecular weight is 336 g/mol. The summed E-state index contributed by atoms with van der Waals surface area (Å²) in [5.74, 6) is -0.550. The Morgan fingerprint density at radius 1 is 1.35 bits per heavy atom. The molecule has 0 radical (unpaired) electrons. The molecule has 0 saturated carbocycles. The van der Waals surface area contributed by atoms with E-state index in [1.165, 1.54) is 0 Å². The molecule has 0 bridgehead atoms. The van der Waals surface area contributed by atoms with Crippen LogP contribution in [0.25, 0.3) is 0 Å². The van der Waals surface area contributed by atoms with Gasteiger partial charge in [0.25, 0.3) is 0 Å². The van der Waals surface area contributed by atoms with Gasteiger partial charge in [-0.2, -0.15) is 0 Å². The molecule has 1 aromatic carbocycles. The zero-order chi connectivity index (χ0) is 14.8. The first-order valence-electron chi connectivity index (χ1n) is 6.29. The highest BCUT2D eigenvalue weighted by Gasteiger charge is 2.32. The predicted molar refractivity (Wildman–Crippen MR) is 79.9 cm³/mol. The molecule has 0 aliphatic carbocycles. The molecule has 1 fully saturated rings. The summed E-state index contributed by atoms with van der Waals surface area (Å²) in [6.07, 6.45) is 0.997. The quantitative estimate of drug-likeness (QED) is 0.916. The second kappa shape index (κ2) is 6.33. The lowest BCUT2D eigenvalue weighted by atomic mass is 10.1. The summed E-state index contributed by atoms with van der Waals surface area (Å²) in [7, 11) is -3.03. The summed E-state index contributed by atoms with van der Waals surface area (Å²) in [5.41, 5.74) is 0.899. The van der Waals surface area contributed by atoms with Crippen LogP contribution in [0.5, 0.6) is 0 Å². The van der Waals surface area contributed by atoms with Crippen LogP contribution in [-0.2, 0) is 21.1 Å². The first kappa shape index (κ1) is 15.6. The van der Waals surface area contributed by atoms with Crippen LogP contribution in [0.1, 0.15) is 12.0 Å². The van der Waals surface area contributed by atoms with Gasteiger partial charge < -0.3 is 5.32 Å². The van der Waals surface area contributed by atoms with E-state index in [2.05, 4.69) is 5.32 Å². The molecule has 1 atom stereocenters. The van der Waals surface area contributed by atoms with E-state index in [0.717, 1.165) is 5.56 Å². The minimum absolute atomic E-state index is 0.0411. The number of amides is 1. The van der Waals surface area contributed by atoms with E-state index in [-0.39, 0.29) is 17.4 Å². The van der Waals surface area contributed by atoms with Gasteiger partial charge in [-0.1, -0.05) is 29.3 Å². The summed E-state index contributed by atoms with van der Waals surface area (Å²) < 4.78 is 22.6. The zero-order valence-electron chi connectivity index (χ0n) is 10.7. The summed E-state index contributed by atoms with van der Waals surface area (Å²) in [5, 5.41) is 3.89. The van der Waals surface area contributed by atoms with Crippen molar-refractivity contribution in [1.82, 2.24) is 5.32 Å². The average Bonchev–Trinajstić information content (AvgIpc) is 2.72. The van der Waals surface area contributed by atoms with Crippen molar-refractivity contribution in [2.75, 3.05) is 18.1 Å². The standard InChI is InChI=1S/C13H15Cl2NO3S/c14-11-2-1-9(12(15)7-11)3-5-16-13(17)10-4-6-20(18,19)8-10/h1-2,7,10H,3-6,8H2,(H,16,17). The highest BCUT2D eigenvalue weighted by Crippen LogP contribution is 2.21. The SMILES string of the molecule is O=C(NCCc1ccc(Cl)cc1Cl)C1CCS(=O)(=O)C1. The van der Waals surface area contributed by atoms with Gasteiger partial charge in [-0.3, -0.25) is 4.79 Å². The van der Waals surface area contributed by atoms with Gasteiger partial charge in [0.1, 0.15) is 0 Å². The largest absolute Gasteiger partial charge is 0.356 e. The molecule has 1 heterocycles. The molecule has 1 saturated heterocycles. The molecule has 110 valence electrons. The number of carbonyl (C=O) groups is 1. The van der Waals surface area contributed by atoms with Gasteiger partial charge >= 0.3 is 0 Å². The molecule has 0 aromatic heterocycles. The Kier molecular flexibility index (Phi) is 4.94. The van der Waals surface area contributed by atoms with Crippen molar-refractivity contribution in [2.24, 2.45) is 5.92 Å². The van der Waals surface area contributed by atoms with Crippen molar-refractivity contribution in [2.45, 2.75) is 12.8 Å². The maximum absolute atomic E-state index is 11.8. The number of hydrogen-bond donors (Lipinski definition) is 1. The third-order valence-corrected chi connectivity index (χ3v) is 5.67. The highest BCUT2D eigenvalue weighted by molar-refractivity contribution is 7.91. The van der Waals surface area contributed by atoms with Crippen molar-refractivity contribution in [3.8, 4) is 0 Å². The molecule has 1 aliphatic rings. The van der Waals surface area contributed by atoms with E-state index in [9.17, 15) is 13.2 Å². The maximum atomic E-state index is 11.8. The second-order valence-corrected chi connectivity index (χ2v) is 7.95. The zero-order valence-corrected chi connectivity index (χ0v) is 13.1. The Morgan fingerprint density at radius 3 is 2.70 bits per heavy atom. The van der Waals surface area contributed by atoms with E-state index >= 15 is 0 Å². The normalized spacial score (nSPS) is 20.8. The first-order valence-corrected chi connectivity index (χ1v) is 8.87. The molecule has 1 aromatic rings. The minimum atomic E-state index is -3.03. The number of benzene rings is 1.